The van der Waals surface area contributed by atoms with E-state index in [4.69, 9.17) is 0 Å². The van der Waals surface area contributed by atoms with Crippen molar-refractivity contribution in [2.45, 2.75) is 29.3 Å². The van der Waals surface area contributed by atoms with Gasteiger partial charge in [-0.05, 0) is 23.8 Å². The highest BCUT2D eigenvalue weighted by Gasteiger charge is 2.56. The van der Waals surface area contributed by atoms with Crippen LogP contribution >= 0.6 is 0 Å². The Morgan fingerprint density at radius 1 is 1.07 bits per heavy atom. The maximum atomic E-state index is 15.4. The number of aromatic nitrogens is 3. The predicted molar refractivity (Wildman–Crippen MR) is 91.7 cm³/mol. The number of hydrogen-bond donors (Lipinski definition) is 1. The van der Waals surface area contributed by atoms with Gasteiger partial charge in [-0.3, -0.25) is 10.1 Å². The summed E-state index contributed by atoms with van der Waals surface area (Å²) in [6, 6.07) is 2.59. The van der Waals surface area contributed by atoms with Gasteiger partial charge in [0.15, 0.2) is 6.17 Å². The molecule has 0 fully saturated rings. The van der Waals surface area contributed by atoms with Crippen LogP contribution in [0, 0.1) is 5.82 Å². The van der Waals surface area contributed by atoms with Gasteiger partial charge in [0, 0.05) is 17.3 Å². The van der Waals surface area contributed by atoms with E-state index in [1.165, 1.54) is 18.3 Å². The molecule has 156 valence electrons. The average molecular weight is 442 g/mol. The molecule has 4 heterocycles. The highest BCUT2D eigenvalue weighted by molar-refractivity contribution is 7.89. The summed E-state index contributed by atoms with van der Waals surface area (Å²) in [5.41, 5.74) is -0.934. The Morgan fingerprint density at radius 2 is 1.83 bits per heavy atom. The molecule has 2 aromatic heterocycles. The molecule has 30 heavy (non-hydrogen) atoms. The number of hydrogen-bond acceptors (Lipinski definition) is 4. The molecule has 1 N–H and O–H groups in total. The number of alkyl halides is 4. The Balaban J connectivity index is 1.69. The Kier molecular flexibility index (Phi) is 3.87. The third-order valence-electron chi connectivity index (χ3n) is 5.36. The fraction of sp³-hybridized carbons (Fsp3) is 0.222. The van der Waals surface area contributed by atoms with Crippen LogP contribution in [0.25, 0.3) is 0 Å². The molecule has 0 radical (unpaired) electrons. The maximum Gasteiger partial charge on any atom is 0.433 e. The zero-order valence-corrected chi connectivity index (χ0v) is 15.5. The van der Waals surface area contributed by atoms with Gasteiger partial charge >= 0.3 is 6.18 Å². The van der Waals surface area contributed by atoms with Crippen molar-refractivity contribution in [3.63, 3.8) is 0 Å². The van der Waals surface area contributed by atoms with Gasteiger partial charge in [0.2, 0.25) is 10.0 Å². The molecule has 0 amide bonds. The molecule has 1 aromatic carbocycles. The smallest absolute Gasteiger partial charge is 0.279 e. The molecule has 3 atom stereocenters. The van der Waals surface area contributed by atoms with Gasteiger partial charge < -0.3 is 0 Å². The maximum absolute atomic E-state index is 15.4. The second-order valence-corrected chi connectivity index (χ2v) is 8.79. The van der Waals surface area contributed by atoms with E-state index in [0.717, 1.165) is 16.4 Å². The molecule has 0 saturated carbocycles. The summed E-state index contributed by atoms with van der Waals surface area (Å²) in [4.78, 5) is 2.63. The molecule has 0 spiro atoms. The lowest BCUT2D eigenvalue weighted by atomic mass is 9.99. The normalized spacial score (nSPS) is 23.3. The van der Waals surface area contributed by atoms with Crippen molar-refractivity contribution in [2.24, 2.45) is 0 Å². The van der Waals surface area contributed by atoms with Crippen LogP contribution in [0.15, 0.2) is 47.6 Å². The van der Waals surface area contributed by atoms with E-state index >= 15 is 4.39 Å². The molecule has 6 nitrogen and oxygen atoms in total. The minimum absolute atomic E-state index is 0.00579. The van der Waals surface area contributed by atoms with Gasteiger partial charge in [0.1, 0.15) is 16.4 Å². The second-order valence-electron chi connectivity index (χ2n) is 6.94. The molecule has 2 aliphatic rings. The van der Waals surface area contributed by atoms with Crippen molar-refractivity contribution in [1.82, 2.24) is 19.5 Å². The number of aromatic amines is 1. The monoisotopic (exact) mass is 442 g/mol. The molecule has 12 heteroatoms. The summed E-state index contributed by atoms with van der Waals surface area (Å²) >= 11 is 0. The number of halogens is 5. The van der Waals surface area contributed by atoms with Crippen molar-refractivity contribution in [1.29, 1.82) is 0 Å². The van der Waals surface area contributed by atoms with Crippen molar-refractivity contribution in [2.75, 3.05) is 0 Å². The first-order valence-corrected chi connectivity index (χ1v) is 10.1. The molecule has 2 bridgehead atoms. The molecular weight excluding hydrogens is 431 g/mol. The third kappa shape index (κ3) is 2.46. The molecule has 0 aliphatic carbocycles. The van der Waals surface area contributed by atoms with Crippen LogP contribution in [-0.4, -0.2) is 27.9 Å². The van der Waals surface area contributed by atoms with Crippen molar-refractivity contribution in [3.05, 3.63) is 76.6 Å². The van der Waals surface area contributed by atoms with Gasteiger partial charge in [-0.15, -0.1) is 0 Å². The molecule has 3 aromatic rings. The lowest BCUT2D eigenvalue weighted by molar-refractivity contribution is -0.141. The Bertz CT molecular complexity index is 1260. The van der Waals surface area contributed by atoms with E-state index in [9.17, 15) is 26.0 Å². The Labute approximate surface area is 166 Å². The lowest BCUT2D eigenvalue weighted by Crippen LogP contribution is -2.39. The molecular formula is C18H11F5N4O2S. The summed E-state index contributed by atoms with van der Waals surface area (Å²) < 4.78 is 95.9. The van der Waals surface area contributed by atoms with Crippen molar-refractivity contribution in [3.8, 4) is 0 Å². The number of pyridine rings is 1. The topological polar surface area (TPSA) is 79.0 Å². The lowest BCUT2D eigenvalue weighted by Gasteiger charge is -2.35. The first-order chi connectivity index (χ1) is 14.1. The predicted octanol–water partition coefficient (Wildman–Crippen LogP) is 3.82. The van der Waals surface area contributed by atoms with Crippen LogP contribution in [0.4, 0.5) is 22.0 Å². The zero-order valence-electron chi connectivity index (χ0n) is 14.7. The van der Waals surface area contributed by atoms with Crippen LogP contribution in [-0.2, 0) is 16.2 Å². The average Bonchev–Trinajstić information content (AvgIpc) is 3.28. The number of nitrogens with zero attached hydrogens (tertiary/aromatic N) is 3. The number of sulfonamides is 1. The summed E-state index contributed by atoms with van der Waals surface area (Å²) in [6.07, 6.45) is -4.84. The molecule has 5 rings (SSSR count). The van der Waals surface area contributed by atoms with E-state index in [1.807, 2.05) is 0 Å². The molecule has 2 aliphatic heterocycles. The first-order valence-electron chi connectivity index (χ1n) is 8.64. The number of nitrogens with one attached hydrogen (secondary N) is 1. The fourth-order valence-electron chi connectivity index (χ4n) is 4.12. The van der Waals surface area contributed by atoms with E-state index in [2.05, 4.69) is 15.2 Å². The number of rotatable bonds is 2. The third-order valence-corrected chi connectivity index (χ3v) is 7.19. The van der Waals surface area contributed by atoms with Gasteiger partial charge in [0.05, 0.1) is 24.0 Å². The summed E-state index contributed by atoms with van der Waals surface area (Å²) in [7, 11) is -4.54. The van der Waals surface area contributed by atoms with Gasteiger partial charge in [-0.1, -0.05) is 12.1 Å². The van der Waals surface area contributed by atoms with Crippen LogP contribution in [0.2, 0.25) is 0 Å². The van der Waals surface area contributed by atoms with E-state index in [0.29, 0.717) is 12.3 Å². The Morgan fingerprint density at radius 3 is 2.50 bits per heavy atom. The van der Waals surface area contributed by atoms with Crippen molar-refractivity contribution >= 4 is 10.0 Å². The molecule has 0 saturated heterocycles. The standard InChI is InChI=1S/C18H11F5N4O2S/c19-11-3-1-2-9-13(11)16-10-7-25-26-15(10)14(20)17(9)27(16)30(28,29)8-4-5-12(24-6-8)18(21,22)23/h1-7,14,16-17H,(H,25,26)/t14-,16+,17+/m0/s1. The summed E-state index contributed by atoms with van der Waals surface area (Å²) in [6.45, 7) is 0. The van der Waals surface area contributed by atoms with Gasteiger partial charge in [0.25, 0.3) is 0 Å². The van der Waals surface area contributed by atoms with Gasteiger partial charge in [-0.2, -0.15) is 22.6 Å². The van der Waals surface area contributed by atoms with Crippen LogP contribution < -0.4 is 0 Å². The summed E-state index contributed by atoms with van der Waals surface area (Å²) in [5, 5.41) is 6.25. The highest BCUT2D eigenvalue weighted by Crippen LogP contribution is 2.59. The first kappa shape index (κ1) is 19.1. The zero-order chi connectivity index (χ0) is 21.4. The quantitative estimate of drug-likeness (QED) is 0.612. The number of H-pyrrole nitrogens is 1. The van der Waals surface area contributed by atoms with Crippen LogP contribution in [0.1, 0.15) is 46.3 Å². The van der Waals surface area contributed by atoms with Crippen LogP contribution in [0.5, 0.6) is 0 Å². The summed E-state index contributed by atoms with van der Waals surface area (Å²) in [5.74, 6) is -0.716. The van der Waals surface area contributed by atoms with E-state index in [1.54, 1.807) is 0 Å². The van der Waals surface area contributed by atoms with Crippen LogP contribution in [0.3, 0.4) is 0 Å². The van der Waals surface area contributed by atoms with E-state index < -0.39 is 50.9 Å². The van der Waals surface area contributed by atoms with Crippen molar-refractivity contribution < 1.29 is 30.4 Å². The Hall–Kier alpha value is -2.86. The second kappa shape index (κ2) is 6.08. The molecule has 0 unspecified atom stereocenters. The van der Waals surface area contributed by atoms with Gasteiger partial charge in [-0.25, -0.2) is 17.2 Å². The van der Waals surface area contributed by atoms with E-state index in [-0.39, 0.29) is 22.4 Å². The minimum atomic E-state index is -4.75. The largest absolute Gasteiger partial charge is 0.433 e. The SMILES string of the molecule is O=S(=O)(c1ccc(C(F)(F)F)nc1)N1[C@@H]2c3cn[nH]c3[C@H](F)[C@H]1c1cccc(F)c12. The minimum Gasteiger partial charge on any atom is -0.279 e. The fourth-order valence-corrected chi connectivity index (χ4v) is 5.80. The highest BCUT2D eigenvalue weighted by atomic mass is 32.2. The number of benzene rings is 1. The number of fused-ring (bicyclic) bond motifs is 7.